The molecule has 4 nitrogen and oxygen atoms in total. The summed E-state index contributed by atoms with van der Waals surface area (Å²) >= 11 is 2.29. The Kier molecular flexibility index (Phi) is 4.71. The highest BCUT2D eigenvalue weighted by molar-refractivity contribution is 14.1. The van der Waals surface area contributed by atoms with Gasteiger partial charge in [-0.1, -0.05) is 12.1 Å². The zero-order chi connectivity index (χ0) is 13.0. The molecule has 2 aromatic rings. The van der Waals surface area contributed by atoms with Crippen molar-refractivity contribution in [3.05, 3.63) is 34.2 Å². The standard InChI is InChI=1S/C13H16IN3O/c1-10(2)18-7-6-17-9-15-13(16-17)11-4-3-5-12(14)8-11/h3-5,8-10H,6-7H2,1-2H3. The molecule has 1 heterocycles. The largest absolute Gasteiger partial charge is 0.377 e. The monoisotopic (exact) mass is 357 g/mol. The molecular weight excluding hydrogens is 341 g/mol. The third-order valence-corrected chi connectivity index (χ3v) is 3.06. The maximum Gasteiger partial charge on any atom is 0.181 e. The van der Waals surface area contributed by atoms with Crippen molar-refractivity contribution in [2.45, 2.75) is 26.5 Å². The maximum absolute atomic E-state index is 5.49. The van der Waals surface area contributed by atoms with Crippen molar-refractivity contribution in [2.24, 2.45) is 0 Å². The Balaban J connectivity index is 2.02. The van der Waals surface area contributed by atoms with Gasteiger partial charge in [-0.15, -0.1) is 0 Å². The number of halogens is 1. The average molecular weight is 357 g/mol. The van der Waals surface area contributed by atoms with Crippen LogP contribution in [0.1, 0.15) is 13.8 Å². The highest BCUT2D eigenvalue weighted by atomic mass is 127. The van der Waals surface area contributed by atoms with Crippen LogP contribution in [0.25, 0.3) is 11.4 Å². The first-order chi connectivity index (χ1) is 8.65. The minimum absolute atomic E-state index is 0.253. The summed E-state index contributed by atoms with van der Waals surface area (Å²) in [6, 6.07) is 8.16. The minimum atomic E-state index is 0.253. The van der Waals surface area contributed by atoms with Gasteiger partial charge < -0.3 is 4.74 Å². The van der Waals surface area contributed by atoms with Crippen LogP contribution in [0.5, 0.6) is 0 Å². The van der Waals surface area contributed by atoms with Crippen LogP contribution in [0.15, 0.2) is 30.6 Å². The Morgan fingerprint density at radius 2 is 2.22 bits per heavy atom. The van der Waals surface area contributed by atoms with Crippen molar-refractivity contribution >= 4 is 22.6 Å². The molecular formula is C13H16IN3O. The SMILES string of the molecule is CC(C)OCCn1cnc(-c2cccc(I)c2)n1. The molecule has 0 atom stereocenters. The lowest BCUT2D eigenvalue weighted by Gasteiger charge is -2.06. The fourth-order valence-electron chi connectivity index (χ4n) is 1.54. The summed E-state index contributed by atoms with van der Waals surface area (Å²) in [6.45, 7) is 5.44. The fourth-order valence-corrected chi connectivity index (χ4v) is 2.09. The molecule has 0 unspecified atom stereocenters. The van der Waals surface area contributed by atoms with Crippen LogP contribution in [0.2, 0.25) is 0 Å². The van der Waals surface area contributed by atoms with Gasteiger partial charge >= 0.3 is 0 Å². The number of benzene rings is 1. The average Bonchev–Trinajstić information content (AvgIpc) is 2.77. The number of rotatable bonds is 5. The number of hydrogen-bond acceptors (Lipinski definition) is 3. The topological polar surface area (TPSA) is 39.9 Å². The molecule has 1 aromatic heterocycles. The molecule has 0 bridgehead atoms. The Morgan fingerprint density at radius 3 is 2.94 bits per heavy atom. The van der Waals surface area contributed by atoms with Gasteiger partial charge in [0, 0.05) is 9.13 Å². The first-order valence-electron chi connectivity index (χ1n) is 5.92. The summed E-state index contributed by atoms with van der Waals surface area (Å²) in [5.74, 6) is 0.762. The lowest BCUT2D eigenvalue weighted by Crippen LogP contribution is -2.10. The Morgan fingerprint density at radius 1 is 1.39 bits per heavy atom. The van der Waals surface area contributed by atoms with E-state index in [1.807, 2.05) is 30.7 Å². The van der Waals surface area contributed by atoms with Crippen molar-refractivity contribution < 1.29 is 4.74 Å². The molecule has 0 saturated carbocycles. The summed E-state index contributed by atoms with van der Waals surface area (Å²) < 4.78 is 8.49. The molecule has 0 fully saturated rings. The van der Waals surface area contributed by atoms with Gasteiger partial charge in [-0.05, 0) is 48.6 Å². The molecule has 2 rings (SSSR count). The summed E-state index contributed by atoms with van der Waals surface area (Å²) in [5.41, 5.74) is 1.05. The quantitative estimate of drug-likeness (QED) is 0.773. The lowest BCUT2D eigenvalue weighted by molar-refractivity contribution is 0.0709. The molecule has 0 amide bonds. The van der Waals surface area contributed by atoms with Crippen molar-refractivity contribution in [1.29, 1.82) is 0 Å². The highest BCUT2D eigenvalue weighted by Gasteiger charge is 2.04. The van der Waals surface area contributed by atoms with Gasteiger partial charge in [0.25, 0.3) is 0 Å². The van der Waals surface area contributed by atoms with Crippen LogP contribution in [-0.2, 0) is 11.3 Å². The number of ether oxygens (including phenoxy) is 1. The number of nitrogens with zero attached hydrogens (tertiary/aromatic N) is 3. The molecule has 0 N–H and O–H groups in total. The van der Waals surface area contributed by atoms with E-state index >= 15 is 0 Å². The van der Waals surface area contributed by atoms with Gasteiger partial charge in [0.05, 0.1) is 19.3 Å². The minimum Gasteiger partial charge on any atom is -0.377 e. The third-order valence-electron chi connectivity index (χ3n) is 2.39. The Bertz CT molecular complexity index is 510. The molecule has 0 aliphatic heterocycles. The second-order valence-corrected chi connectivity index (χ2v) is 5.51. The Hall–Kier alpha value is -0.950. The molecule has 96 valence electrons. The molecule has 0 spiro atoms. The maximum atomic E-state index is 5.49. The van der Waals surface area contributed by atoms with Gasteiger partial charge in [-0.3, -0.25) is 4.68 Å². The van der Waals surface area contributed by atoms with Crippen LogP contribution in [-0.4, -0.2) is 27.5 Å². The van der Waals surface area contributed by atoms with Crippen molar-refractivity contribution in [1.82, 2.24) is 14.8 Å². The van der Waals surface area contributed by atoms with E-state index < -0.39 is 0 Å². The van der Waals surface area contributed by atoms with Crippen LogP contribution in [0.4, 0.5) is 0 Å². The van der Waals surface area contributed by atoms with Crippen molar-refractivity contribution in [2.75, 3.05) is 6.61 Å². The first kappa shape index (κ1) is 13.5. The van der Waals surface area contributed by atoms with Crippen LogP contribution < -0.4 is 0 Å². The predicted octanol–water partition coefficient (Wildman–Crippen LogP) is 2.97. The van der Waals surface area contributed by atoms with Gasteiger partial charge in [0.2, 0.25) is 0 Å². The highest BCUT2D eigenvalue weighted by Crippen LogP contribution is 2.16. The van der Waals surface area contributed by atoms with Gasteiger partial charge in [0.1, 0.15) is 6.33 Å². The van der Waals surface area contributed by atoms with Crippen LogP contribution in [0, 0.1) is 3.57 Å². The summed E-state index contributed by atoms with van der Waals surface area (Å²) in [7, 11) is 0. The molecule has 18 heavy (non-hydrogen) atoms. The van der Waals surface area contributed by atoms with Gasteiger partial charge in [-0.25, -0.2) is 4.98 Å². The van der Waals surface area contributed by atoms with E-state index in [4.69, 9.17) is 4.74 Å². The third kappa shape index (κ3) is 3.78. The summed E-state index contributed by atoms with van der Waals surface area (Å²) in [5, 5.41) is 4.44. The van der Waals surface area contributed by atoms with E-state index in [1.165, 1.54) is 3.57 Å². The van der Waals surface area contributed by atoms with Crippen LogP contribution >= 0.6 is 22.6 Å². The summed E-state index contributed by atoms with van der Waals surface area (Å²) in [4.78, 5) is 4.32. The summed E-state index contributed by atoms with van der Waals surface area (Å²) in [6.07, 6.45) is 2.00. The zero-order valence-electron chi connectivity index (χ0n) is 10.5. The van der Waals surface area contributed by atoms with Crippen molar-refractivity contribution in [3.63, 3.8) is 0 Å². The number of hydrogen-bond donors (Lipinski definition) is 0. The second-order valence-electron chi connectivity index (χ2n) is 4.26. The van der Waals surface area contributed by atoms with E-state index in [-0.39, 0.29) is 6.10 Å². The Labute approximate surface area is 121 Å². The fraction of sp³-hybridized carbons (Fsp3) is 0.385. The van der Waals surface area contributed by atoms with Gasteiger partial charge in [0.15, 0.2) is 5.82 Å². The van der Waals surface area contributed by atoms with E-state index in [1.54, 1.807) is 6.33 Å². The second kappa shape index (κ2) is 6.29. The predicted molar refractivity (Wildman–Crippen MR) is 79.3 cm³/mol. The molecule has 5 heteroatoms. The number of aromatic nitrogens is 3. The van der Waals surface area contributed by atoms with Gasteiger partial charge in [-0.2, -0.15) is 5.10 Å². The smallest absolute Gasteiger partial charge is 0.181 e. The molecule has 0 aliphatic rings. The zero-order valence-corrected chi connectivity index (χ0v) is 12.7. The molecule has 0 saturated heterocycles. The lowest BCUT2D eigenvalue weighted by atomic mass is 10.2. The van der Waals surface area contributed by atoms with Crippen molar-refractivity contribution in [3.8, 4) is 11.4 Å². The molecule has 0 aliphatic carbocycles. The van der Waals surface area contributed by atoms with E-state index in [9.17, 15) is 0 Å². The van der Waals surface area contributed by atoms with E-state index in [0.29, 0.717) is 6.61 Å². The van der Waals surface area contributed by atoms with E-state index in [0.717, 1.165) is 17.9 Å². The molecule has 0 radical (unpaired) electrons. The van der Waals surface area contributed by atoms with Crippen LogP contribution in [0.3, 0.4) is 0 Å². The normalized spacial score (nSPS) is 11.1. The van der Waals surface area contributed by atoms with E-state index in [2.05, 4.69) is 44.8 Å². The molecule has 1 aromatic carbocycles. The first-order valence-corrected chi connectivity index (χ1v) is 7.00.